The molecular formula is C12H20N4O2. The fourth-order valence-electron chi connectivity index (χ4n) is 1.83. The summed E-state index contributed by atoms with van der Waals surface area (Å²) in [6.07, 6.45) is 1.29. The summed E-state index contributed by atoms with van der Waals surface area (Å²) in [7, 11) is 1.92. The number of nitro groups is 1. The van der Waals surface area contributed by atoms with E-state index in [1.54, 1.807) is 0 Å². The van der Waals surface area contributed by atoms with Crippen molar-refractivity contribution in [2.24, 2.45) is 11.1 Å². The van der Waals surface area contributed by atoms with E-state index in [4.69, 9.17) is 5.73 Å². The molecular weight excluding hydrogens is 232 g/mol. The number of anilines is 1. The van der Waals surface area contributed by atoms with Crippen LogP contribution in [-0.4, -0.2) is 30.0 Å². The van der Waals surface area contributed by atoms with Gasteiger partial charge in [-0.1, -0.05) is 13.8 Å². The fraction of sp³-hybridized carbons (Fsp3) is 0.583. The maximum Gasteiger partial charge on any atom is 0.287 e. The van der Waals surface area contributed by atoms with Gasteiger partial charge in [0.2, 0.25) is 0 Å². The quantitative estimate of drug-likeness (QED) is 0.637. The molecule has 0 aliphatic carbocycles. The normalized spacial score (nSPS) is 11.4. The molecule has 0 aromatic carbocycles. The lowest BCUT2D eigenvalue weighted by Gasteiger charge is -2.30. The van der Waals surface area contributed by atoms with Crippen LogP contribution in [0.3, 0.4) is 0 Å². The molecule has 100 valence electrons. The minimum absolute atomic E-state index is 0.0164. The van der Waals surface area contributed by atoms with Gasteiger partial charge < -0.3 is 10.6 Å². The van der Waals surface area contributed by atoms with Crippen molar-refractivity contribution >= 4 is 11.5 Å². The van der Waals surface area contributed by atoms with Crippen LogP contribution in [0.5, 0.6) is 0 Å². The average molecular weight is 252 g/mol. The molecule has 0 spiro atoms. The molecule has 0 amide bonds. The van der Waals surface area contributed by atoms with Crippen LogP contribution in [0.2, 0.25) is 0 Å². The number of rotatable bonds is 5. The Labute approximate surface area is 107 Å². The first kappa shape index (κ1) is 14.4. The van der Waals surface area contributed by atoms with Crippen LogP contribution in [0.15, 0.2) is 12.3 Å². The predicted octanol–water partition coefficient (Wildman–Crippen LogP) is 1.72. The first-order chi connectivity index (χ1) is 8.26. The predicted molar refractivity (Wildman–Crippen MR) is 71.7 cm³/mol. The van der Waals surface area contributed by atoms with Crippen molar-refractivity contribution < 1.29 is 4.92 Å². The van der Waals surface area contributed by atoms with Crippen LogP contribution in [0.1, 0.15) is 19.4 Å². The average Bonchev–Trinajstić information content (AvgIpc) is 2.28. The van der Waals surface area contributed by atoms with Crippen LogP contribution < -0.4 is 10.6 Å². The van der Waals surface area contributed by atoms with E-state index in [0.717, 1.165) is 17.9 Å². The van der Waals surface area contributed by atoms with Gasteiger partial charge in [-0.05, 0) is 24.4 Å². The summed E-state index contributed by atoms with van der Waals surface area (Å²) in [4.78, 5) is 16.3. The topological polar surface area (TPSA) is 85.3 Å². The minimum Gasteiger partial charge on any atom is -0.359 e. The Morgan fingerprint density at radius 1 is 1.56 bits per heavy atom. The van der Waals surface area contributed by atoms with Gasteiger partial charge in [-0.25, -0.2) is 4.98 Å². The molecule has 0 unspecified atom stereocenters. The van der Waals surface area contributed by atoms with Crippen molar-refractivity contribution in [2.45, 2.75) is 20.8 Å². The molecule has 18 heavy (non-hydrogen) atoms. The highest BCUT2D eigenvalue weighted by molar-refractivity contribution is 5.50. The molecule has 6 nitrogen and oxygen atoms in total. The van der Waals surface area contributed by atoms with Crippen molar-refractivity contribution in [1.29, 1.82) is 0 Å². The third-order valence-electron chi connectivity index (χ3n) is 2.83. The summed E-state index contributed by atoms with van der Waals surface area (Å²) in [5, 5.41) is 10.6. The van der Waals surface area contributed by atoms with E-state index in [1.807, 2.05) is 18.9 Å². The fourth-order valence-corrected chi connectivity index (χ4v) is 1.83. The summed E-state index contributed by atoms with van der Waals surface area (Å²) in [6, 6.07) is 1.54. The lowest BCUT2D eigenvalue weighted by atomic mass is 9.93. The standard InChI is InChI=1S/C12H20N4O2/c1-9-5-10(16(17)18)6-14-11(9)15(4)8-12(2,3)7-13/h5-6H,7-8,13H2,1-4H3. The van der Waals surface area contributed by atoms with E-state index in [9.17, 15) is 10.1 Å². The van der Waals surface area contributed by atoms with Crippen molar-refractivity contribution in [2.75, 3.05) is 25.0 Å². The Morgan fingerprint density at radius 3 is 2.61 bits per heavy atom. The highest BCUT2D eigenvalue weighted by Crippen LogP contribution is 2.23. The van der Waals surface area contributed by atoms with Crippen LogP contribution in [0.25, 0.3) is 0 Å². The Kier molecular flexibility index (Phi) is 4.24. The summed E-state index contributed by atoms with van der Waals surface area (Å²) < 4.78 is 0. The van der Waals surface area contributed by atoms with Crippen molar-refractivity contribution in [3.8, 4) is 0 Å². The Hall–Kier alpha value is -1.69. The van der Waals surface area contributed by atoms with E-state index >= 15 is 0 Å². The van der Waals surface area contributed by atoms with Crippen LogP contribution >= 0.6 is 0 Å². The molecule has 2 N–H and O–H groups in total. The lowest BCUT2D eigenvalue weighted by molar-refractivity contribution is -0.385. The van der Waals surface area contributed by atoms with Crippen molar-refractivity contribution in [1.82, 2.24) is 4.98 Å². The molecule has 1 rings (SSSR count). The summed E-state index contributed by atoms with van der Waals surface area (Å²) in [5.74, 6) is 0.752. The van der Waals surface area contributed by atoms with Crippen LogP contribution in [0, 0.1) is 22.5 Å². The first-order valence-electron chi connectivity index (χ1n) is 5.79. The summed E-state index contributed by atoms with van der Waals surface area (Å²) in [6.45, 7) is 7.29. The highest BCUT2D eigenvalue weighted by Gasteiger charge is 2.20. The minimum atomic E-state index is -0.437. The number of aryl methyl sites for hydroxylation is 1. The van der Waals surface area contributed by atoms with Crippen LogP contribution in [-0.2, 0) is 0 Å². The zero-order valence-electron chi connectivity index (χ0n) is 11.3. The molecule has 1 aromatic rings. The molecule has 0 bridgehead atoms. The number of nitrogens with zero attached hydrogens (tertiary/aromatic N) is 3. The largest absolute Gasteiger partial charge is 0.359 e. The monoisotopic (exact) mass is 252 g/mol. The molecule has 1 aromatic heterocycles. The maximum atomic E-state index is 10.6. The Morgan fingerprint density at radius 2 is 2.17 bits per heavy atom. The summed E-state index contributed by atoms with van der Waals surface area (Å²) in [5.41, 5.74) is 6.48. The molecule has 1 heterocycles. The van der Waals surface area contributed by atoms with Crippen LogP contribution in [0.4, 0.5) is 11.5 Å². The molecule has 0 radical (unpaired) electrons. The SMILES string of the molecule is Cc1cc([N+](=O)[O-])cnc1N(C)CC(C)(C)CN. The zero-order valence-corrected chi connectivity index (χ0v) is 11.3. The maximum absolute atomic E-state index is 10.6. The van der Waals surface area contributed by atoms with Gasteiger partial charge in [-0.3, -0.25) is 10.1 Å². The molecule has 0 atom stereocenters. The Bertz CT molecular complexity index is 446. The van der Waals surface area contributed by atoms with Gasteiger partial charge in [0.15, 0.2) is 0 Å². The van der Waals surface area contributed by atoms with Gasteiger partial charge in [0.1, 0.15) is 12.0 Å². The Balaban J connectivity index is 2.93. The van der Waals surface area contributed by atoms with E-state index in [-0.39, 0.29) is 11.1 Å². The smallest absolute Gasteiger partial charge is 0.287 e. The number of nitrogens with two attached hydrogens (primary N) is 1. The van der Waals surface area contributed by atoms with Gasteiger partial charge in [-0.15, -0.1) is 0 Å². The molecule has 0 fully saturated rings. The number of pyridine rings is 1. The zero-order chi connectivity index (χ0) is 13.9. The molecule has 6 heteroatoms. The van der Waals surface area contributed by atoms with Gasteiger partial charge in [0, 0.05) is 19.7 Å². The third-order valence-corrected chi connectivity index (χ3v) is 2.83. The van der Waals surface area contributed by atoms with Crippen molar-refractivity contribution in [3.05, 3.63) is 27.9 Å². The molecule has 0 aliphatic rings. The van der Waals surface area contributed by atoms with Crippen molar-refractivity contribution in [3.63, 3.8) is 0 Å². The molecule has 0 saturated carbocycles. The van der Waals surface area contributed by atoms with Gasteiger partial charge in [0.05, 0.1) is 4.92 Å². The number of aromatic nitrogens is 1. The van der Waals surface area contributed by atoms with Gasteiger partial charge in [0.25, 0.3) is 5.69 Å². The third kappa shape index (κ3) is 3.40. The second-order valence-electron chi connectivity index (χ2n) is 5.32. The lowest BCUT2D eigenvalue weighted by Crippen LogP contribution is -2.37. The van der Waals surface area contributed by atoms with Gasteiger partial charge >= 0.3 is 0 Å². The highest BCUT2D eigenvalue weighted by atomic mass is 16.6. The second kappa shape index (κ2) is 5.30. The molecule has 0 saturated heterocycles. The number of hydrogen-bond acceptors (Lipinski definition) is 5. The van der Waals surface area contributed by atoms with E-state index in [2.05, 4.69) is 18.8 Å². The van der Waals surface area contributed by atoms with E-state index < -0.39 is 4.92 Å². The van der Waals surface area contributed by atoms with E-state index in [0.29, 0.717) is 6.54 Å². The summed E-state index contributed by atoms with van der Waals surface area (Å²) >= 11 is 0. The molecule has 0 aliphatic heterocycles. The second-order valence-corrected chi connectivity index (χ2v) is 5.32. The van der Waals surface area contributed by atoms with E-state index in [1.165, 1.54) is 12.3 Å². The van der Waals surface area contributed by atoms with Gasteiger partial charge in [-0.2, -0.15) is 0 Å². The number of hydrogen-bond donors (Lipinski definition) is 1. The first-order valence-corrected chi connectivity index (χ1v) is 5.79.